The van der Waals surface area contributed by atoms with Crippen LogP contribution in [0.1, 0.15) is 29.5 Å². The standard InChI is InChI=1S/C18H20ClNS/c1-13-2-9-18(15(10-13)11-20-17-7-8-17)21-12-14-3-5-16(19)6-4-14/h2-6,9-10,17,20H,7-8,11-12H2,1H3. The molecule has 21 heavy (non-hydrogen) atoms. The summed E-state index contributed by atoms with van der Waals surface area (Å²) < 4.78 is 0. The van der Waals surface area contributed by atoms with Crippen LogP contribution in [0.3, 0.4) is 0 Å². The SMILES string of the molecule is Cc1ccc(SCc2ccc(Cl)cc2)c(CNC2CC2)c1. The van der Waals surface area contributed by atoms with Crippen molar-refractivity contribution >= 4 is 23.4 Å². The van der Waals surface area contributed by atoms with E-state index in [1.807, 2.05) is 23.9 Å². The molecule has 0 amide bonds. The topological polar surface area (TPSA) is 12.0 Å². The highest BCUT2D eigenvalue weighted by molar-refractivity contribution is 7.98. The van der Waals surface area contributed by atoms with E-state index >= 15 is 0 Å². The van der Waals surface area contributed by atoms with Crippen molar-refractivity contribution in [3.05, 3.63) is 64.2 Å². The Morgan fingerprint density at radius 2 is 1.90 bits per heavy atom. The van der Waals surface area contributed by atoms with Gasteiger partial charge < -0.3 is 5.32 Å². The predicted octanol–water partition coefficient (Wildman–Crippen LogP) is 5.19. The molecule has 0 unspecified atom stereocenters. The van der Waals surface area contributed by atoms with Gasteiger partial charge in [-0.3, -0.25) is 0 Å². The van der Waals surface area contributed by atoms with Crippen molar-refractivity contribution in [2.24, 2.45) is 0 Å². The highest BCUT2D eigenvalue weighted by Gasteiger charge is 2.20. The second kappa shape index (κ2) is 6.87. The molecule has 1 fully saturated rings. The second-order valence-corrected chi connectivity index (χ2v) is 7.14. The van der Waals surface area contributed by atoms with Crippen LogP contribution in [0.15, 0.2) is 47.4 Å². The maximum atomic E-state index is 5.93. The Kier molecular flexibility index (Phi) is 4.89. The van der Waals surface area contributed by atoms with E-state index in [9.17, 15) is 0 Å². The minimum atomic E-state index is 0.750. The number of halogens is 1. The molecule has 1 saturated carbocycles. The van der Waals surface area contributed by atoms with Crippen LogP contribution in [-0.4, -0.2) is 6.04 Å². The summed E-state index contributed by atoms with van der Waals surface area (Å²) in [5.74, 6) is 0.983. The van der Waals surface area contributed by atoms with E-state index in [1.165, 1.54) is 34.4 Å². The molecule has 3 rings (SSSR count). The van der Waals surface area contributed by atoms with Gasteiger partial charge in [0.05, 0.1) is 0 Å². The Morgan fingerprint density at radius 3 is 2.62 bits per heavy atom. The smallest absolute Gasteiger partial charge is 0.0406 e. The van der Waals surface area contributed by atoms with Gasteiger partial charge in [-0.2, -0.15) is 0 Å². The van der Waals surface area contributed by atoms with Crippen LogP contribution in [0.5, 0.6) is 0 Å². The van der Waals surface area contributed by atoms with Gasteiger partial charge in [0, 0.05) is 28.3 Å². The van der Waals surface area contributed by atoms with E-state index in [2.05, 4.69) is 42.6 Å². The van der Waals surface area contributed by atoms with Crippen LogP contribution < -0.4 is 5.32 Å². The number of aryl methyl sites for hydroxylation is 1. The molecule has 0 atom stereocenters. The highest BCUT2D eigenvalue weighted by Crippen LogP contribution is 2.28. The normalized spacial score (nSPS) is 14.4. The maximum absolute atomic E-state index is 5.93. The monoisotopic (exact) mass is 317 g/mol. The minimum Gasteiger partial charge on any atom is -0.310 e. The van der Waals surface area contributed by atoms with Gasteiger partial charge in [-0.15, -0.1) is 11.8 Å². The Morgan fingerprint density at radius 1 is 1.14 bits per heavy atom. The molecule has 0 spiro atoms. The number of nitrogens with one attached hydrogen (secondary N) is 1. The summed E-state index contributed by atoms with van der Waals surface area (Å²) >= 11 is 7.84. The molecule has 3 heteroatoms. The van der Waals surface area contributed by atoms with E-state index in [0.717, 1.165) is 23.4 Å². The van der Waals surface area contributed by atoms with Crippen molar-refractivity contribution in [2.75, 3.05) is 0 Å². The summed E-state index contributed by atoms with van der Waals surface area (Å²) in [4.78, 5) is 1.38. The van der Waals surface area contributed by atoms with Gasteiger partial charge in [0.25, 0.3) is 0 Å². The van der Waals surface area contributed by atoms with Gasteiger partial charge >= 0.3 is 0 Å². The molecule has 0 heterocycles. The van der Waals surface area contributed by atoms with E-state index < -0.39 is 0 Å². The van der Waals surface area contributed by atoms with E-state index in [0.29, 0.717) is 0 Å². The molecule has 2 aromatic carbocycles. The van der Waals surface area contributed by atoms with Gasteiger partial charge in [-0.25, -0.2) is 0 Å². The maximum Gasteiger partial charge on any atom is 0.0406 e. The van der Waals surface area contributed by atoms with E-state index in [1.54, 1.807) is 0 Å². The number of hydrogen-bond acceptors (Lipinski definition) is 2. The fourth-order valence-corrected chi connectivity index (χ4v) is 3.39. The lowest BCUT2D eigenvalue weighted by molar-refractivity contribution is 0.680. The average molecular weight is 318 g/mol. The van der Waals surface area contributed by atoms with Crippen molar-refractivity contribution in [3.8, 4) is 0 Å². The van der Waals surface area contributed by atoms with Crippen molar-refractivity contribution in [1.82, 2.24) is 5.32 Å². The summed E-state index contributed by atoms with van der Waals surface area (Å²) in [7, 11) is 0. The van der Waals surface area contributed by atoms with Gasteiger partial charge in [0.2, 0.25) is 0 Å². The van der Waals surface area contributed by atoms with Crippen molar-refractivity contribution in [2.45, 2.75) is 43.0 Å². The number of thioether (sulfide) groups is 1. The molecule has 2 aromatic rings. The lowest BCUT2D eigenvalue weighted by atomic mass is 10.1. The van der Waals surface area contributed by atoms with E-state index in [4.69, 9.17) is 11.6 Å². The fourth-order valence-electron chi connectivity index (χ4n) is 2.27. The molecule has 0 aromatic heterocycles. The summed E-state index contributed by atoms with van der Waals surface area (Å²) in [5, 5.41) is 4.41. The molecular formula is C18H20ClNS. The Hall–Kier alpha value is -0.960. The number of rotatable bonds is 6. The van der Waals surface area contributed by atoms with Crippen LogP contribution in [0.25, 0.3) is 0 Å². The molecule has 1 aliphatic rings. The third-order valence-electron chi connectivity index (χ3n) is 3.68. The first-order chi connectivity index (χ1) is 10.2. The van der Waals surface area contributed by atoms with Crippen LogP contribution in [0, 0.1) is 6.92 Å². The van der Waals surface area contributed by atoms with E-state index in [-0.39, 0.29) is 0 Å². The predicted molar refractivity (Wildman–Crippen MR) is 92.1 cm³/mol. The van der Waals surface area contributed by atoms with Crippen LogP contribution in [0.2, 0.25) is 5.02 Å². The largest absolute Gasteiger partial charge is 0.310 e. The van der Waals surface area contributed by atoms with Gasteiger partial charge in [-0.1, -0.05) is 41.4 Å². The molecule has 0 radical (unpaired) electrons. The summed E-state index contributed by atoms with van der Waals surface area (Å²) in [5.41, 5.74) is 4.06. The zero-order valence-electron chi connectivity index (χ0n) is 12.2. The molecule has 0 aliphatic heterocycles. The Balaban J connectivity index is 1.66. The second-order valence-electron chi connectivity index (χ2n) is 5.68. The summed E-state index contributed by atoms with van der Waals surface area (Å²) in [6.07, 6.45) is 2.66. The molecule has 110 valence electrons. The van der Waals surface area contributed by atoms with Crippen LogP contribution >= 0.6 is 23.4 Å². The Labute approximate surface area is 136 Å². The first-order valence-corrected chi connectivity index (χ1v) is 8.77. The lowest BCUT2D eigenvalue weighted by Crippen LogP contribution is -2.15. The molecule has 1 aliphatic carbocycles. The highest BCUT2D eigenvalue weighted by atomic mass is 35.5. The third kappa shape index (κ3) is 4.50. The summed E-state index contributed by atoms with van der Waals surface area (Å²) in [6.45, 7) is 3.14. The van der Waals surface area contributed by atoms with Crippen molar-refractivity contribution in [3.63, 3.8) is 0 Å². The van der Waals surface area contributed by atoms with Crippen LogP contribution in [0.4, 0.5) is 0 Å². The first kappa shape index (κ1) is 15.0. The molecule has 0 saturated heterocycles. The minimum absolute atomic E-state index is 0.750. The molecule has 1 N–H and O–H groups in total. The quantitative estimate of drug-likeness (QED) is 0.736. The van der Waals surface area contributed by atoms with Gasteiger partial charge in [-0.05, 0) is 49.1 Å². The fraction of sp³-hybridized carbons (Fsp3) is 0.333. The van der Waals surface area contributed by atoms with Crippen molar-refractivity contribution in [1.29, 1.82) is 0 Å². The molecular weight excluding hydrogens is 298 g/mol. The Bertz CT molecular complexity index is 605. The van der Waals surface area contributed by atoms with Gasteiger partial charge in [0.1, 0.15) is 0 Å². The first-order valence-electron chi connectivity index (χ1n) is 7.41. The number of benzene rings is 2. The van der Waals surface area contributed by atoms with Crippen molar-refractivity contribution < 1.29 is 0 Å². The summed E-state index contributed by atoms with van der Waals surface area (Å²) in [6, 6.07) is 15.6. The molecule has 1 nitrogen and oxygen atoms in total. The van der Waals surface area contributed by atoms with Crippen LogP contribution in [-0.2, 0) is 12.3 Å². The van der Waals surface area contributed by atoms with Gasteiger partial charge in [0.15, 0.2) is 0 Å². The zero-order valence-corrected chi connectivity index (χ0v) is 13.8. The zero-order chi connectivity index (χ0) is 14.7. The third-order valence-corrected chi connectivity index (χ3v) is 5.12. The number of hydrogen-bond donors (Lipinski definition) is 1. The lowest BCUT2D eigenvalue weighted by Gasteiger charge is -2.11. The average Bonchev–Trinajstić information content (AvgIpc) is 3.30. The molecule has 0 bridgehead atoms.